The zero-order valence-electron chi connectivity index (χ0n) is 10.9. The third-order valence-electron chi connectivity index (χ3n) is 3.32. The van der Waals surface area contributed by atoms with Crippen molar-refractivity contribution in [3.63, 3.8) is 0 Å². The smallest absolute Gasteiger partial charge is 0.170 e. The lowest BCUT2D eigenvalue weighted by atomic mass is 10.1. The van der Waals surface area contributed by atoms with Gasteiger partial charge < -0.3 is 0 Å². The normalized spacial score (nSPS) is 10.8. The molecule has 3 rings (SSSR count). The van der Waals surface area contributed by atoms with Crippen molar-refractivity contribution in [3.8, 4) is 11.4 Å². The van der Waals surface area contributed by atoms with E-state index >= 15 is 0 Å². The molecule has 0 aliphatic carbocycles. The maximum Gasteiger partial charge on any atom is 0.170 e. The average molecular weight is 250 g/mol. The van der Waals surface area contributed by atoms with Crippen LogP contribution in [0.25, 0.3) is 16.9 Å². The first kappa shape index (κ1) is 11.7. The number of hydrogen-bond acceptors (Lipinski definition) is 2. The summed E-state index contributed by atoms with van der Waals surface area (Å²) in [6.45, 7) is 4.11. The maximum atomic E-state index is 11.1. The van der Waals surface area contributed by atoms with E-state index in [1.165, 1.54) is 5.56 Å². The lowest BCUT2D eigenvalue weighted by Gasteiger charge is -2.06. The summed E-state index contributed by atoms with van der Waals surface area (Å²) in [4.78, 5) is 15.6. The zero-order valence-corrected chi connectivity index (χ0v) is 10.9. The predicted octanol–water partition coefficient (Wildman–Crippen LogP) is 3.43. The minimum atomic E-state index is 0.483. The van der Waals surface area contributed by atoms with Gasteiger partial charge in [-0.25, -0.2) is 4.98 Å². The number of carbonyl (C=O) groups is 1. The van der Waals surface area contributed by atoms with Crippen LogP contribution in [0.4, 0.5) is 0 Å². The van der Waals surface area contributed by atoms with Crippen molar-refractivity contribution in [2.45, 2.75) is 13.8 Å². The van der Waals surface area contributed by atoms with Crippen LogP contribution in [0.5, 0.6) is 0 Å². The number of carbonyl (C=O) groups excluding carboxylic acids is 1. The van der Waals surface area contributed by atoms with Crippen LogP contribution in [0, 0.1) is 13.8 Å². The number of aldehydes is 1. The number of fused-ring (bicyclic) bond motifs is 1. The fraction of sp³-hybridized carbons (Fsp3) is 0.125. The van der Waals surface area contributed by atoms with Crippen molar-refractivity contribution in [1.29, 1.82) is 0 Å². The van der Waals surface area contributed by atoms with Gasteiger partial charge in [-0.1, -0.05) is 23.8 Å². The molecule has 2 heterocycles. The van der Waals surface area contributed by atoms with Crippen molar-refractivity contribution in [3.05, 3.63) is 59.4 Å². The SMILES string of the molecule is Cc1ccc(C)c(-c2nc(C=O)c3ccccn23)c1. The topological polar surface area (TPSA) is 34.4 Å². The lowest BCUT2D eigenvalue weighted by molar-refractivity contribution is 0.112. The van der Waals surface area contributed by atoms with Crippen LogP contribution in [0.3, 0.4) is 0 Å². The molecular weight excluding hydrogens is 236 g/mol. The lowest BCUT2D eigenvalue weighted by Crippen LogP contribution is -1.91. The Bertz CT molecular complexity index is 772. The largest absolute Gasteiger partial charge is 0.299 e. The molecule has 0 amide bonds. The van der Waals surface area contributed by atoms with Gasteiger partial charge in [0.25, 0.3) is 0 Å². The van der Waals surface area contributed by atoms with E-state index in [0.29, 0.717) is 5.69 Å². The summed E-state index contributed by atoms with van der Waals surface area (Å²) in [7, 11) is 0. The summed E-state index contributed by atoms with van der Waals surface area (Å²) in [6.07, 6.45) is 2.75. The van der Waals surface area contributed by atoms with E-state index in [0.717, 1.165) is 28.8 Å². The monoisotopic (exact) mass is 250 g/mol. The Morgan fingerprint density at radius 3 is 2.79 bits per heavy atom. The molecular formula is C16H14N2O. The van der Waals surface area contributed by atoms with Crippen molar-refractivity contribution < 1.29 is 4.79 Å². The molecule has 0 atom stereocenters. The third-order valence-corrected chi connectivity index (χ3v) is 3.32. The van der Waals surface area contributed by atoms with Gasteiger partial charge in [-0.3, -0.25) is 9.20 Å². The maximum absolute atomic E-state index is 11.1. The molecule has 0 saturated heterocycles. The summed E-state index contributed by atoms with van der Waals surface area (Å²) < 4.78 is 1.96. The molecule has 0 aliphatic rings. The number of aromatic nitrogens is 2. The molecule has 0 radical (unpaired) electrons. The molecule has 0 N–H and O–H groups in total. The number of nitrogens with zero attached hydrogens (tertiary/aromatic N) is 2. The molecule has 0 fully saturated rings. The van der Waals surface area contributed by atoms with E-state index in [9.17, 15) is 4.79 Å². The van der Waals surface area contributed by atoms with Crippen LogP contribution in [0.15, 0.2) is 42.6 Å². The second-order valence-corrected chi connectivity index (χ2v) is 4.71. The Labute approximate surface area is 111 Å². The Balaban J connectivity index is 2.36. The quantitative estimate of drug-likeness (QED) is 0.653. The number of hydrogen-bond donors (Lipinski definition) is 0. The molecule has 0 bridgehead atoms. The first-order valence-electron chi connectivity index (χ1n) is 6.20. The highest BCUT2D eigenvalue weighted by molar-refractivity contribution is 5.86. The molecule has 0 spiro atoms. The van der Waals surface area contributed by atoms with Crippen LogP contribution >= 0.6 is 0 Å². The summed E-state index contributed by atoms with van der Waals surface area (Å²) in [5.74, 6) is 0.818. The molecule has 3 heteroatoms. The second-order valence-electron chi connectivity index (χ2n) is 4.71. The number of aryl methyl sites for hydroxylation is 2. The Morgan fingerprint density at radius 2 is 2.00 bits per heavy atom. The highest BCUT2D eigenvalue weighted by Crippen LogP contribution is 2.25. The van der Waals surface area contributed by atoms with Gasteiger partial charge in [0.05, 0.1) is 5.52 Å². The standard InChI is InChI=1S/C16H14N2O/c1-11-6-7-12(2)13(9-11)16-17-14(10-19)15-5-3-4-8-18(15)16/h3-10H,1-2H3. The second kappa shape index (κ2) is 4.35. The minimum absolute atomic E-state index is 0.483. The van der Waals surface area contributed by atoms with Gasteiger partial charge in [0.1, 0.15) is 11.5 Å². The minimum Gasteiger partial charge on any atom is -0.299 e. The molecule has 19 heavy (non-hydrogen) atoms. The highest BCUT2D eigenvalue weighted by atomic mass is 16.1. The van der Waals surface area contributed by atoms with Gasteiger partial charge in [-0.2, -0.15) is 0 Å². The first-order valence-corrected chi connectivity index (χ1v) is 6.20. The Morgan fingerprint density at radius 1 is 1.16 bits per heavy atom. The fourth-order valence-corrected chi connectivity index (χ4v) is 2.32. The van der Waals surface area contributed by atoms with E-state index in [1.807, 2.05) is 28.8 Å². The molecule has 0 saturated carbocycles. The molecule has 94 valence electrons. The summed E-state index contributed by atoms with van der Waals surface area (Å²) >= 11 is 0. The number of imidazole rings is 1. The average Bonchev–Trinajstić information content (AvgIpc) is 2.80. The van der Waals surface area contributed by atoms with Gasteiger partial charge in [0, 0.05) is 11.8 Å². The summed E-state index contributed by atoms with van der Waals surface area (Å²) in [5.41, 5.74) is 4.72. The third kappa shape index (κ3) is 1.83. The Kier molecular flexibility index (Phi) is 2.67. The predicted molar refractivity (Wildman–Crippen MR) is 75.5 cm³/mol. The van der Waals surface area contributed by atoms with E-state index in [-0.39, 0.29) is 0 Å². The highest BCUT2D eigenvalue weighted by Gasteiger charge is 2.13. The van der Waals surface area contributed by atoms with Crippen molar-refractivity contribution in [2.24, 2.45) is 0 Å². The number of benzene rings is 1. The molecule has 0 aliphatic heterocycles. The number of rotatable bonds is 2. The number of pyridine rings is 1. The zero-order chi connectivity index (χ0) is 13.4. The van der Waals surface area contributed by atoms with Crippen LogP contribution in [0.2, 0.25) is 0 Å². The molecule has 3 aromatic rings. The van der Waals surface area contributed by atoms with Crippen molar-refractivity contribution >= 4 is 11.8 Å². The Hall–Kier alpha value is -2.42. The van der Waals surface area contributed by atoms with Crippen LogP contribution in [-0.4, -0.2) is 15.7 Å². The van der Waals surface area contributed by atoms with Gasteiger partial charge in [0.15, 0.2) is 6.29 Å². The van der Waals surface area contributed by atoms with Gasteiger partial charge in [0.2, 0.25) is 0 Å². The van der Waals surface area contributed by atoms with Crippen molar-refractivity contribution in [2.75, 3.05) is 0 Å². The molecule has 1 aromatic carbocycles. The summed E-state index contributed by atoms with van der Waals surface area (Å²) in [5, 5.41) is 0. The molecule has 3 nitrogen and oxygen atoms in total. The van der Waals surface area contributed by atoms with E-state index in [1.54, 1.807) is 0 Å². The van der Waals surface area contributed by atoms with Gasteiger partial charge >= 0.3 is 0 Å². The molecule has 0 unspecified atom stereocenters. The van der Waals surface area contributed by atoms with E-state index < -0.39 is 0 Å². The van der Waals surface area contributed by atoms with Crippen LogP contribution in [-0.2, 0) is 0 Å². The van der Waals surface area contributed by atoms with Gasteiger partial charge in [-0.15, -0.1) is 0 Å². The van der Waals surface area contributed by atoms with Crippen LogP contribution < -0.4 is 0 Å². The molecule has 2 aromatic heterocycles. The van der Waals surface area contributed by atoms with E-state index in [4.69, 9.17) is 0 Å². The van der Waals surface area contributed by atoms with E-state index in [2.05, 4.69) is 37.0 Å². The van der Waals surface area contributed by atoms with Gasteiger partial charge in [-0.05, 0) is 37.6 Å². The fourth-order valence-electron chi connectivity index (χ4n) is 2.32. The van der Waals surface area contributed by atoms with Crippen LogP contribution in [0.1, 0.15) is 21.6 Å². The first-order chi connectivity index (χ1) is 9.20. The summed E-state index contributed by atoms with van der Waals surface area (Å²) in [6, 6.07) is 12.0. The van der Waals surface area contributed by atoms with Crippen molar-refractivity contribution in [1.82, 2.24) is 9.38 Å².